The highest BCUT2D eigenvalue weighted by Gasteiger charge is 2.15. The zero-order valence-electron chi connectivity index (χ0n) is 11.8. The molecule has 0 radical (unpaired) electrons. The van der Waals surface area contributed by atoms with Gasteiger partial charge >= 0.3 is 0 Å². The number of carbonyl (C=O) groups is 1. The standard InChI is InChI=1S/C15H15FN4O2/c16-11-2-1-3-12(8-11)19-15(21)13-9-14(18-10-17-13)20-4-6-22-7-5-20/h1-3,8-10H,4-7H2,(H,19,21). The van der Waals surface area contributed by atoms with E-state index < -0.39 is 11.7 Å². The highest BCUT2D eigenvalue weighted by molar-refractivity contribution is 6.03. The van der Waals surface area contributed by atoms with Crippen molar-refractivity contribution in [3.63, 3.8) is 0 Å². The molecule has 0 bridgehead atoms. The van der Waals surface area contributed by atoms with Crippen LogP contribution in [0.2, 0.25) is 0 Å². The lowest BCUT2D eigenvalue weighted by molar-refractivity contribution is 0.102. The van der Waals surface area contributed by atoms with Gasteiger partial charge in [-0.3, -0.25) is 4.79 Å². The fourth-order valence-electron chi connectivity index (χ4n) is 2.20. The van der Waals surface area contributed by atoms with E-state index in [2.05, 4.69) is 15.3 Å². The quantitative estimate of drug-likeness (QED) is 0.935. The van der Waals surface area contributed by atoms with E-state index in [-0.39, 0.29) is 5.69 Å². The van der Waals surface area contributed by atoms with Crippen LogP contribution in [0.4, 0.5) is 15.9 Å². The van der Waals surface area contributed by atoms with Gasteiger partial charge in [-0.25, -0.2) is 14.4 Å². The van der Waals surface area contributed by atoms with Crippen molar-refractivity contribution in [3.8, 4) is 0 Å². The summed E-state index contributed by atoms with van der Waals surface area (Å²) in [5, 5.41) is 2.62. The van der Waals surface area contributed by atoms with E-state index >= 15 is 0 Å². The number of rotatable bonds is 3. The average Bonchev–Trinajstić information content (AvgIpc) is 2.56. The van der Waals surface area contributed by atoms with E-state index in [1.54, 1.807) is 12.1 Å². The zero-order chi connectivity index (χ0) is 15.4. The number of carbonyl (C=O) groups excluding carboxylic acids is 1. The molecule has 2 heterocycles. The summed E-state index contributed by atoms with van der Waals surface area (Å²) in [7, 11) is 0. The second kappa shape index (κ2) is 6.48. The predicted molar refractivity (Wildman–Crippen MR) is 79.4 cm³/mol. The predicted octanol–water partition coefficient (Wildman–Crippen LogP) is 1.70. The Labute approximate surface area is 126 Å². The van der Waals surface area contributed by atoms with Gasteiger partial charge in [0.15, 0.2) is 0 Å². The highest BCUT2D eigenvalue weighted by atomic mass is 19.1. The van der Waals surface area contributed by atoms with Gasteiger partial charge in [-0.1, -0.05) is 6.07 Å². The van der Waals surface area contributed by atoms with Gasteiger partial charge in [-0.15, -0.1) is 0 Å². The van der Waals surface area contributed by atoms with E-state index in [1.807, 2.05) is 4.90 Å². The van der Waals surface area contributed by atoms with Crippen molar-refractivity contribution < 1.29 is 13.9 Å². The van der Waals surface area contributed by atoms with Crippen LogP contribution in [-0.2, 0) is 4.74 Å². The minimum atomic E-state index is -0.408. The van der Waals surface area contributed by atoms with Gasteiger partial charge in [0.2, 0.25) is 0 Å². The van der Waals surface area contributed by atoms with Crippen LogP contribution in [0.1, 0.15) is 10.5 Å². The van der Waals surface area contributed by atoms with E-state index in [4.69, 9.17) is 4.74 Å². The number of nitrogens with one attached hydrogen (secondary N) is 1. The molecule has 0 aliphatic carbocycles. The molecule has 0 saturated carbocycles. The SMILES string of the molecule is O=C(Nc1cccc(F)c1)c1cc(N2CCOCC2)ncn1. The monoisotopic (exact) mass is 302 g/mol. The highest BCUT2D eigenvalue weighted by Crippen LogP contribution is 2.15. The largest absolute Gasteiger partial charge is 0.378 e. The van der Waals surface area contributed by atoms with Crippen molar-refractivity contribution in [2.45, 2.75) is 0 Å². The summed E-state index contributed by atoms with van der Waals surface area (Å²) in [5.41, 5.74) is 0.622. The minimum absolute atomic E-state index is 0.237. The molecule has 2 aromatic rings. The van der Waals surface area contributed by atoms with Gasteiger partial charge < -0.3 is 15.0 Å². The molecular formula is C15H15FN4O2. The van der Waals surface area contributed by atoms with Gasteiger partial charge in [0, 0.05) is 24.8 Å². The van der Waals surface area contributed by atoms with Crippen LogP contribution in [0.15, 0.2) is 36.7 Å². The number of aromatic nitrogens is 2. The van der Waals surface area contributed by atoms with Crippen LogP contribution in [0.25, 0.3) is 0 Å². The number of morpholine rings is 1. The van der Waals surface area contributed by atoms with Crippen LogP contribution in [0.3, 0.4) is 0 Å². The molecule has 1 amide bonds. The van der Waals surface area contributed by atoms with Crippen molar-refractivity contribution in [2.75, 3.05) is 36.5 Å². The van der Waals surface area contributed by atoms with Gasteiger partial charge in [-0.2, -0.15) is 0 Å². The summed E-state index contributed by atoms with van der Waals surface area (Å²) in [4.78, 5) is 22.4. The Kier molecular flexibility index (Phi) is 4.24. The number of benzene rings is 1. The lowest BCUT2D eigenvalue weighted by Crippen LogP contribution is -2.37. The number of anilines is 2. The second-order valence-corrected chi connectivity index (χ2v) is 4.83. The van der Waals surface area contributed by atoms with Crippen molar-refractivity contribution in [3.05, 3.63) is 48.2 Å². The van der Waals surface area contributed by atoms with Gasteiger partial charge in [-0.05, 0) is 18.2 Å². The van der Waals surface area contributed by atoms with Crippen molar-refractivity contribution in [1.82, 2.24) is 9.97 Å². The molecule has 1 aliphatic heterocycles. The molecule has 1 aromatic heterocycles. The number of nitrogens with zero attached hydrogens (tertiary/aromatic N) is 3. The summed E-state index contributed by atoms with van der Waals surface area (Å²) >= 11 is 0. The maximum Gasteiger partial charge on any atom is 0.274 e. The lowest BCUT2D eigenvalue weighted by atomic mass is 10.3. The molecule has 3 rings (SSSR count). The molecule has 6 nitrogen and oxygen atoms in total. The normalized spacial score (nSPS) is 14.7. The molecule has 1 aromatic carbocycles. The van der Waals surface area contributed by atoms with Crippen LogP contribution in [0, 0.1) is 5.82 Å². The molecule has 1 N–H and O–H groups in total. The van der Waals surface area contributed by atoms with Crippen LogP contribution >= 0.6 is 0 Å². The molecule has 114 valence electrons. The molecule has 22 heavy (non-hydrogen) atoms. The molecule has 0 spiro atoms. The fourth-order valence-corrected chi connectivity index (χ4v) is 2.20. The third-order valence-corrected chi connectivity index (χ3v) is 3.30. The average molecular weight is 302 g/mol. The topological polar surface area (TPSA) is 67.4 Å². The first-order valence-electron chi connectivity index (χ1n) is 6.94. The van der Waals surface area contributed by atoms with Crippen LogP contribution < -0.4 is 10.2 Å². The number of amides is 1. The van der Waals surface area contributed by atoms with Gasteiger partial charge in [0.05, 0.1) is 13.2 Å². The number of ether oxygens (including phenoxy) is 1. The van der Waals surface area contributed by atoms with E-state index in [9.17, 15) is 9.18 Å². The van der Waals surface area contributed by atoms with Gasteiger partial charge in [0.1, 0.15) is 23.7 Å². The molecule has 1 fully saturated rings. The first-order valence-corrected chi connectivity index (χ1v) is 6.94. The number of hydrogen-bond acceptors (Lipinski definition) is 5. The van der Waals surface area contributed by atoms with E-state index in [0.29, 0.717) is 24.7 Å². The lowest BCUT2D eigenvalue weighted by Gasteiger charge is -2.27. The van der Waals surface area contributed by atoms with Crippen LogP contribution in [0.5, 0.6) is 0 Å². The molecule has 1 aliphatic rings. The van der Waals surface area contributed by atoms with Crippen molar-refractivity contribution in [1.29, 1.82) is 0 Å². The second-order valence-electron chi connectivity index (χ2n) is 4.83. The Morgan fingerprint density at radius 3 is 2.82 bits per heavy atom. The summed E-state index contributed by atoms with van der Waals surface area (Å²) in [6.45, 7) is 2.72. The first kappa shape index (κ1) is 14.4. The first-order chi connectivity index (χ1) is 10.7. The van der Waals surface area contributed by atoms with Gasteiger partial charge in [0.25, 0.3) is 5.91 Å². The molecule has 7 heteroatoms. The maximum atomic E-state index is 13.1. The Morgan fingerprint density at radius 1 is 1.23 bits per heavy atom. The molecule has 0 atom stereocenters. The molecule has 1 saturated heterocycles. The fraction of sp³-hybridized carbons (Fsp3) is 0.267. The van der Waals surface area contributed by atoms with E-state index in [0.717, 1.165) is 13.1 Å². The minimum Gasteiger partial charge on any atom is -0.378 e. The third kappa shape index (κ3) is 3.37. The Bertz CT molecular complexity index is 674. The summed E-state index contributed by atoms with van der Waals surface area (Å²) in [5.74, 6) is -0.125. The maximum absolute atomic E-state index is 13.1. The Hall–Kier alpha value is -2.54. The summed E-state index contributed by atoms with van der Waals surface area (Å²) in [6, 6.07) is 7.34. The number of halogens is 1. The smallest absolute Gasteiger partial charge is 0.274 e. The van der Waals surface area contributed by atoms with Crippen LogP contribution in [-0.4, -0.2) is 42.2 Å². The Balaban J connectivity index is 1.75. The Morgan fingerprint density at radius 2 is 2.05 bits per heavy atom. The summed E-state index contributed by atoms with van der Waals surface area (Å²) in [6.07, 6.45) is 1.35. The molecule has 0 unspecified atom stereocenters. The summed E-state index contributed by atoms with van der Waals surface area (Å²) < 4.78 is 18.4. The third-order valence-electron chi connectivity index (χ3n) is 3.30. The number of hydrogen-bond donors (Lipinski definition) is 1. The zero-order valence-corrected chi connectivity index (χ0v) is 11.8. The van der Waals surface area contributed by atoms with Crippen molar-refractivity contribution in [2.24, 2.45) is 0 Å². The molecular weight excluding hydrogens is 287 g/mol. The van der Waals surface area contributed by atoms with E-state index in [1.165, 1.54) is 24.5 Å². The van der Waals surface area contributed by atoms with Crippen molar-refractivity contribution >= 4 is 17.4 Å².